The number of nitrogens with zero attached hydrogens (tertiary/aromatic N) is 2. The highest BCUT2D eigenvalue weighted by molar-refractivity contribution is 9.09. The monoisotopic (exact) mass is 654 g/mol. The summed E-state index contributed by atoms with van der Waals surface area (Å²) in [5.41, 5.74) is 0.752. The highest BCUT2D eigenvalue weighted by Crippen LogP contribution is 2.68. The lowest BCUT2D eigenvalue weighted by Crippen LogP contribution is -2.55. The molecule has 9 heteroatoms. The minimum absolute atomic E-state index is 0.0168. The minimum Gasteiger partial charge on any atom is -0.465 e. The molecule has 224 valence electrons. The van der Waals surface area contributed by atoms with E-state index in [9.17, 15) is 19.5 Å². The molecule has 3 saturated heterocycles. The van der Waals surface area contributed by atoms with Crippen LogP contribution in [-0.4, -0.2) is 75.0 Å². The van der Waals surface area contributed by atoms with Crippen LogP contribution in [0.3, 0.4) is 0 Å². The molecular formula is C33H39BrN2O5S. The average molecular weight is 656 g/mol. The van der Waals surface area contributed by atoms with Crippen LogP contribution in [0.15, 0.2) is 67.8 Å². The number of ether oxygens (including phenoxy) is 1. The number of likely N-dealkylation sites (tertiary alicyclic amines) is 1. The summed E-state index contributed by atoms with van der Waals surface area (Å²) < 4.78 is 4.89. The zero-order chi connectivity index (χ0) is 29.9. The van der Waals surface area contributed by atoms with Crippen molar-refractivity contribution in [2.45, 2.75) is 59.4 Å². The summed E-state index contributed by atoms with van der Waals surface area (Å²) in [4.78, 5) is 46.0. The lowest BCUT2D eigenvalue weighted by atomic mass is 9.71. The molecule has 1 spiro atoms. The molecule has 2 aromatic rings. The standard InChI is InChI=1S/C33H39BrN2O5S/c1-3-5-19-41-32(40)26-27-30(38)36(17-10-6-7-11-18-37)29(33(27)21-25(34)28(26)42-33)31(39)35(16-4-2)24-15-14-22-12-8-9-13-23(22)20-24/h3-4,8-9,12-15,20,25-29,37H,1-2,5-7,10-11,16-19,21H2/t25?,26-,27+,28-,29?,33?/m1/s1. The third kappa shape index (κ3) is 5.55. The molecule has 0 radical (unpaired) electrons. The van der Waals surface area contributed by atoms with E-state index in [4.69, 9.17) is 4.74 Å². The van der Waals surface area contributed by atoms with Gasteiger partial charge >= 0.3 is 5.97 Å². The number of anilines is 1. The molecule has 3 fully saturated rings. The molecule has 2 bridgehead atoms. The molecule has 3 unspecified atom stereocenters. The number of aliphatic hydroxyl groups excluding tert-OH is 1. The van der Waals surface area contributed by atoms with Gasteiger partial charge in [-0.1, -0.05) is 71.3 Å². The van der Waals surface area contributed by atoms with Gasteiger partial charge in [0.15, 0.2) is 0 Å². The fourth-order valence-electron chi connectivity index (χ4n) is 6.95. The minimum atomic E-state index is -0.740. The number of thioether (sulfide) groups is 1. The number of carbonyl (C=O) groups excluding carboxylic acids is 3. The van der Waals surface area contributed by atoms with Gasteiger partial charge in [-0.15, -0.1) is 24.9 Å². The predicted octanol–water partition coefficient (Wildman–Crippen LogP) is 5.50. The lowest BCUT2D eigenvalue weighted by Gasteiger charge is -2.38. The Morgan fingerprint density at radius 1 is 1.12 bits per heavy atom. The normalized spacial score (nSPS) is 27.7. The number of alkyl halides is 1. The van der Waals surface area contributed by atoms with Gasteiger partial charge in [0.1, 0.15) is 6.04 Å². The van der Waals surface area contributed by atoms with Crippen LogP contribution in [0.25, 0.3) is 10.8 Å². The first-order valence-corrected chi connectivity index (χ1v) is 16.6. The van der Waals surface area contributed by atoms with E-state index in [1.807, 2.05) is 42.5 Å². The van der Waals surface area contributed by atoms with Crippen LogP contribution in [0.1, 0.15) is 38.5 Å². The van der Waals surface area contributed by atoms with Crippen LogP contribution in [0, 0.1) is 11.8 Å². The molecule has 0 saturated carbocycles. The van der Waals surface area contributed by atoms with Gasteiger partial charge in [0.2, 0.25) is 5.91 Å². The summed E-state index contributed by atoms with van der Waals surface area (Å²) in [5.74, 6) is -1.88. The second-order valence-electron chi connectivity index (χ2n) is 11.3. The van der Waals surface area contributed by atoms with E-state index in [2.05, 4.69) is 29.1 Å². The van der Waals surface area contributed by atoms with Crippen molar-refractivity contribution in [2.75, 3.05) is 31.2 Å². The van der Waals surface area contributed by atoms with E-state index in [1.54, 1.807) is 33.7 Å². The Morgan fingerprint density at radius 2 is 1.88 bits per heavy atom. The Morgan fingerprint density at radius 3 is 2.62 bits per heavy atom. The first kappa shape index (κ1) is 30.8. The fraction of sp³-hybridized carbons (Fsp3) is 0.485. The molecule has 2 amide bonds. The Labute approximate surface area is 260 Å². The van der Waals surface area contributed by atoms with Gasteiger partial charge in [-0.3, -0.25) is 14.4 Å². The molecule has 0 aromatic heterocycles. The van der Waals surface area contributed by atoms with Gasteiger partial charge in [0.25, 0.3) is 5.91 Å². The Hall–Kier alpha value is -2.62. The number of aliphatic hydroxyl groups is 1. The van der Waals surface area contributed by atoms with E-state index >= 15 is 0 Å². The maximum atomic E-state index is 14.8. The van der Waals surface area contributed by atoms with Crippen LogP contribution in [0.4, 0.5) is 5.69 Å². The zero-order valence-corrected chi connectivity index (χ0v) is 26.2. The van der Waals surface area contributed by atoms with Gasteiger partial charge in [-0.25, -0.2) is 0 Å². The summed E-state index contributed by atoms with van der Waals surface area (Å²) in [7, 11) is 0. The highest BCUT2D eigenvalue weighted by Gasteiger charge is 2.76. The molecule has 3 aliphatic rings. The van der Waals surface area contributed by atoms with Gasteiger partial charge in [-0.05, 0) is 48.6 Å². The number of rotatable bonds is 14. The molecule has 3 heterocycles. The summed E-state index contributed by atoms with van der Waals surface area (Å²) >= 11 is 5.44. The molecule has 7 nitrogen and oxygen atoms in total. The Balaban J connectivity index is 1.52. The molecular weight excluding hydrogens is 616 g/mol. The van der Waals surface area contributed by atoms with E-state index in [0.29, 0.717) is 32.4 Å². The summed E-state index contributed by atoms with van der Waals surface area (Å²) in [6, 6.07) is 13.3. The molecule has 5 rings (SSSR count). The fourth-order valence-corrected chi connectivity index (χ4v) is 10.5. The van der Waals surface area contributed by atoms with Crippen molar-refractivity contribution in [3.05, 3.63) is 67.8 Å². The van der Waals surface area contributed by atoms with E-state index in [1.165, 1.54) is 0 Å². The van der Waals surface area contributed by atoms with Crippen molar-refractivity contribution in [1.29, 1.82) is 0 Å². The Kier molecular flexibility index (Phi) is 9.80. The number of carbonyl (C=O) groups is 3. The van der Waals surface area contributed by atoms with Crippen molar-refractivity contribution >= 4 is 61.9 Å². The first-order chi connectivity index (χ1) is 20.4. The topological polar surface area (TPSA) is 87.2 Å². The Bertz CT molecular complexity index is 1350. The number of halogens is 1. The predicted molar refractivity (Wildman–Crippen MR) is 172 cm³/mol. The van der Waals surface area contributed by atoms with Crippen LogP contribution in [0.2, 0.25) is 0 Å². The van der Waals surface area contributed by atoms with Crippen LogP contribution in [-0.2, 0) is 19.1 Å². The zero-order valence-electron chi connectivity index (χ0n) is 23.8. The summed E-state index contributed by atoms with van der Waals surface area (Å²) in [5, 5.41) is 11.2. The van der Waals surface area contributed by atoms with Gasteiger partial charge in [-0.2, -0.15) is 0 Å². The van der Waals surface area contributed by atoms with Crippen molar-refractivity contribution < 1.29 is 24.2 Å². The molecule has 42 heavy (non-hydrogen) atoms. The van der Waals surface area contributed by atoms with E-state index in [0.717, 1.165) is 35.7 Å². The third-order valence-electron chi connectivity index (χ3n) is 8.79. The molecule has 1 N–H and O–H groups in total. The summed E-state index contributed by atoms with van der Waals surface area (Å²) in [6.45, 7) is 8.72. The highest BCUT2D eigenvalue weighted by atomic mass is 79.9. The number of hydrogen-bond donors (Lipinski definition) is 1. The third-order valence-corrected chi connectivity index (χ3v) is 12.0. The molecule has 0 aliphatic carbocycles. The van der Waals surface area contributed by atoms with E-state index in [-0.39, 0.29) is 41.1 Å². The molecule has 3 aliphatic heterocycles. The number of amides is 2. The summed E-state index contributed by atoms with van der Waals surface area (Å²) in [6.07, 6.45) is 7.69. The SMILES string of the molecule is C=CCCOC(=O)[C@H]1[C@@H]2SC3(CC2Br)C(C(=O)N(CC=C)c2ccc4ccccc4c2)N(CCCCCCO)C(=O)[C@H]13. The number of hydrogen-bond acceptors (Lipinski definition) is 6. The number of esters is 1. The van der Waals surface area contributed by atoms with Crippen molar-refractivity contribution in [1.82, 2.24) is 4.90 Å². The van der Waals surface area contributed by atoms with Crippen LogP contribution in [0.5, 0.6) is 0 Å². The number of unbranched alkanes of at least 4 members (excludes halogenated alkanes) is 3. The van der Waals surface area contributed by atoms with Gasteiger partial charge < -0.3 is 19.6 Å². The second-order valence-corrected chi connectivity index (χ2v) is 14.1. The van der Waals surface area contributed by atoms with Crippen molar-refractivity contribution in [2.24, 2.45) is 11.8 Å². The average Bonchev–Trinajstić information content (AvgIpc) is 3.58. The largest absolute Gasteiger partial charge is 0.465 e. The molecule has 2 aromatic carbocycles. The van der Waals surface area contributed by atoms with Crippen LogP contribution >= 0.6 is 27.7 Å². The number of benzene rings is 2. The number of fused-ring (bicyclic) bond motifs is 2. The smallest absolute Gasteiger partial charge is 0.310 e. The van der Waals surface area contributed by atoms with Gasteiger partial charge in [0, 0.05) is 35.5 Å². The second kappa shape index (κ2) is 13.3. The van der Waals surface area contributed by atoms with Crippen molar-refractivity contribution in [3.8, 4) is 0 Å². The first-order valence-electron chi connectivity index (χ1n) is 14.8. The van der Waals surface area contributed by atoms with Crippen molar-refractivity contribution in [3.63, 3.8) is 0 Å². The maximum absolute atomic E-state index is 14.8. The van der Waals surface area contributed by atoms with Crippen LogP contribution < -0.4 is 4.90 Å². The maximum Gasteiger partial charge on any atom is 0.310 e. The van der Waals surface area contributed by atoms with E-state index < -0.39 is 22.6 Å². The molecule has 6 atom stereocenters. The lowest BCUT2D eigenvalue weighted by molar-refractivity contribution is -0.154. The van der Waals surface area contributed by atoms with Gasteiger partial charge in [0.05, 0.1) is 23.2 Å². The quantitative estimate of drug-likeness (QED) is 0.125.